The second-order valence-electron chi connectivity index (χ2n) is 16.8. The van der Waals surface area contributed by atoms with Gasteiger partial charge in [0.2, 0.25) is 5.91 Å². The predicted octanol–water partition coefficient (Wildman–Crippen LogP) is 10.2. The molecule has 1 unspecified atom stereocenters. The van der Waals surface area contributed by atoms with Crippen LogP contribution in [-0.4, -0.2) is 67.6 Å². The van der Waals surface area contributed by atoms with E-state index in [1.807, 2.05) is 68.4 Å². The molecule has 3 aromatic carbocycles. The molecule has 0 aliphatic carbocycles. The van der Waals surface area contributed by atoms with Crippen molar-refractivity contribution in [3.05, 3.63) is 108 Å². The van der Waals surface area contributed by atoms with Crippen molar-refractivity contribution >= 4 is 11.9 Å². The summed E-state index contributed by atoms with van der Waals surface area (Å²) in [5, 5.41) is 3.22. The third kappa shape index (κ3) is 17.1. The van der Waals surface area contributed by atoms with Crippen molar-refractivity contribution in [2.75, 3.05) is 13.2 Å². The molecule has 324 valence electrons. The molecular formula is C50H71NO8. The van der Waals surface area contributed by atoms with Crippen LogP contribution >= 0.6 is 0 Å². The zero-order valence-electron chi connectivity index (χ0n) is 36.0. The van der Waals surface area contributed by atoms with E-state index in [1.54, 1.807) is 0 Å². The van der Waals surface area contributed by atoms with Gasteiger partial charge < -0.3 is 33.7 Å². The van der Waals surface area contributed by atoms with E-state index in [2.05, 4.69) is 48.6 Å². The molecule has 5 rings (SSSR count). The van der Waals surface area contributed by atoms with Crippen molar-refractivity contribution in [2.45, 2.75) is 179 Å². The summed E-state index contributed by atoms with van der Waals surface area (Å²) in [6, 6.07) is 29.6. The Balaban J connectivity index is 1.26. The topological polar surface area (TPSA) is 102 Å². The lowest BCUT2D eigenvalue weighted by atomic mass is 9.94. The number of hydrogen-bond donors (Lipinski definition) is 1. The van der Waals surface area contributed by atoms with Crippen molar-refractivity contribution in [1.82, 2.24) is 5.32 Å². The maximum absolute atomic E-state index is 14.2. The van der Waals surface area contributed by atoms with Gasteiger partial charge in [0.15, 0.2) is 18.2 Å². The highest BCUT2D eigenvalue weighted by atomic mass is 16.8. The van der Waals surface area contributed by atoms with E-state index in [-0.39, 0.29) is 44.0 Å². The zero-order valence-corrected chi connectivity index (χ0v) is 36.0. The Morgan fingerprint density at radius 2 is 1.34 bits per heavy atom. The van der Waals surface area contributed by atoms with Crippen LogP contribution < -0.4 is 5.32 Å². The van der Waals surface area contributed by atoms with Crippen LogP contribution in [0.1, 0.15) is 134 Å². The van der Waals surface area contributed by atoms with Gasteiger partial charge in [-0.2, -0.15) is 0 Å². The monoisotopic (exact) mass is 814 g/mol. The highest BCUT2D eigenvalue weighted by molar-refractivity contribution is 5.77. The number of unbranched alkanes of at least 4 members (excludes halogenated alkanes) is 9. The average Bonchev–Trinajstić information content (AvgIpc) is 3.24. The molecule has 2 heterocycles. The molecule has 2 saturated heterocycles. The minimum Gasteiger partial charge on any atom is -0.457 e. The lowest BCUT2D eigenvalue weighted by molar-refractivity contribution is -0.370. The molecule has 0 radical (unpaired) electrons. The number of fused-ring (bicyclic) bond motifs is 1. The number of aryl methyl sites for hydroxylation is 2. The summed E-state index contributed by atoms with van der Waals surface area (Å²) >= 11 is 0. The Bertz CT molecular complexity index is 1590. The van der Waals surface area contributed by atoms with Gasteiger partial charge in [0.25, 0.3) is 0 Å². The van der Waals surface area contributed by atoms with Crippen LogP contribution in [-0.2, 0) is 57.5 Å². The number of esters is 1. The number of rotatable bonds is 27. The molecule has 0 aromatic heterocycles. The Labute approximate surface area is 354 Å². The molecule has 6 atom stereocenters. The van der Waals surface area contributed by atoms with Crippen LogP contribution in [0, 0.1) is 0 Å². The van der Waals surface area contributed by atoms with Gasteiger partial charge >= 0.3 is 5.97 Å². The number of carbonyl (C=O) groups is 2. The van der Waals surface area contributed by atoms with E-state index in [4.69, 9.17) is 28.4 Å². The van der Waals surface area contributed by atoms with Crippen LogP contribution in [0.5, 0.6) is 0 Å². The van der Waals surface area contributed by atoms with E-state index in [0.29, 0.717) is 13.0 Å². The van der Waals surface area contributed by atoms with Gasteiger partial charge in [-0.05, 0) is 69.1 Å². The first-order valence-electron chi connectivity index (χ1n) is 22.6. The van der Waals surface area contributed by atoms with Crippen molar-refractivity contribution in [2.24, 2.45) is 0 Å². The van der Waals surface area contributed by atoms with Crippen LogP contribution in [0.4, 0.5) is 0 Å². The van der Waals surface area contributed by atoms with Gasteiger partial charge in [-0.1, -0.05) is 156 Å². The first kappa shape index (κ1) is 46.5. The number of amides is 1. The Hall–Kier alpha value is -3.60. The predicted molar refractivity (Wildman–Crippen MR) is 232 cm³/mol. The molecule has 0 saturated carbocycles. The molecule has 0 bridgehead atoms. The molecule has 3 aromatic rings. The highest BCUT2D eigenvalue weighted by Crippen LogP contribution is 2.35. The quantitative estimate of drug-likeness (QED) is 0.0600. The number of carbonyl (C=O) groups excluding carboxylic acids is 2. The molecule has 0 spiro atoms. The highest BCUT2D eigenvalue weighted by Gasteiger charge is 2.54. The summed E-state index contributed by atoms with van der Waals surface area (Å²) in [5.74, 6) is -1.50. The number of nitrogens with one attached hydrogen (secondary N) is 1. The van der Waals surface area contributed by atoms with Gasteiger partial charge in [0.05, 0.1) is 25.7 Å². The SMILES string of the molecule is CCCCCCCCCCCC(CC(=O)N[C@H]1[C@H](OCc2ccccc2)O[C@@H]2COC(C)(C)O[C@H]2[C@@H]1OC(=O)CCCc1ccccc1)OCCCCc1ccccc1. The third-order valence-electron chi connectivity index (χ3n) is 11.3. The fourth-order valence-electron chi connectivity index (χ4n) is 8.01. The fourth-order valence-corrected chi connectivity index (χ4v) is 8.01. The third-order valence-corrected chi connectivity index (χ3v) is 11.3. The van der Waals surface area contributed by atoms with Crippen LogP contribution in [0.15, 0.2) is 91.0 Å². The Morgan fingerprint density at radius 1 is 0.746 bits per heavy atom. The summed E-state index contributed by atoms with van der Waals surface area (Å²) in [6.45, 7) is 6.98. The second kappa shape index (κ2) is 25.9. The van der Waals surface area contributed by atoms with E-state index < -0.39 is 36.4 Å². The van der Waals surface area contributed by atoms with Gasteiger partial charge in [-0.15, -0.1) is 0 Å². The zero-order chi connectivity index (χ0) is 41.5. The molecular weight excluding hydrogens is 743 g/mol. The molecule has 9 heteroatoms. The number of hydrogen-bond acceptors (Lipinski definition) is 8. The molecule has 59 heavy (non-hydrogen) atoms. The summed E-state index contributed by atoms with van der Waals surface area (Å²) in [4.78, 5) is 27.8. The summed E-state index contributed by atoms with van der Waals surface area (Å²) in [6.07, 6.45) is 13.3. The van der Waals surface area contributed by atoms with E-state index in [0.717, 1.165) is 56.1 Å². The van der Waals surface area contributed by atoms with Gasteiger partial charge in [0.1, 0.15) is 18.2 Å². The normalized spacial score (nSPS) is 21.6. The van der Waals surface area contributed by atoms with Gasteiger partial charge in [0, 0.05) is 13.0 Å². The maximum atomic E-state index is 14.2. The lowest BCUT2D eigenvalue weighted by Gasteiger charge is -2.50. The molecule has 1 amide bonds. The molecule has 2 aliphatic rings. The molecule has 1 N–H and O–H groups in total. The van der Waals surface area contributed by atoms with Crippen molar-refractivity contribution in [3.8, 4) is 0 Å². The van der Waals surface area contributed by atoms with Gasteiger partial charge in [-0.25, -0.2) is 0 Å². The van der Waals surface area contributed by atoms with E-state index in [9.17, 15) is 9.59 Å². The fraction of sp³-hybridized carbons (Fsp3) is 0.600. The number of benzene rings is 3. The van der Waals surface area contributed by atoms with E-state index >= 15 is 0 Å². The first-order valence-corrected chi connectivity index (χ1v) is 22.6. The minimum atomic E-state index is -0.941. The average molecular weight is 814 g/mol. The number of ether oxygens (including phenoxy) is 6. The summed E-state index contributed by atoms with van der Waals surface area (Å²) in [7, 11) is 0. The van der Waals surface area contributed by atoms with Gasteiger partial charge in [-0.3, -0.25) is 9.59 Å². The Morgan fingerprint density at radius 3 is 1.98 bits per heavy atom. The summed E-state index contributed by atoms with van der Waals surface area (Å²) < 4.78 is 38.2. The van der Waals surface area contributed by atoms with Crippen LogP contribution in [0.3, 0.4) is 0 Å². The van der Waals surface area contributed by atoms with E-state index in [1.165, 1.54) is 50.5 Å². The van der Waals surface area contributed by atoms with Crippen molar-refractivity contribution in [3.63, 3.8) is 0 Å². The largest absolute Gasteiger partial charge is 0.457 e. The maximum Gasteiger partial charge on any atom is 0.306 e. The Kier molecular flexibility index (Phi) is 20.4. The van der Waals surface area contributed by atoms with Crippen LogP contribution in [0.2, 0.25) is 0 Å². The first-order chi connectivity index (χ1) is 28.8. The second-order valence-corrected chi connectivity index (χ2v) is 16.8. The molecule has 2 fully saturated rings. The molecule has 2 aliphatic heterocycles. The summed E-state index contributed by atoms with van der Waals surface area (Å²) in [5.41, 5.74) is 3.44. The molecule has 9 nitrogen and oxygen atoms in total. The smallest absolute Gasteiger partial charge is 0.306 e. The standard InChI is InChI=1S/C50H71NO8/c1-4-5-6-7-8-9-10-11-21-33-42(54-35-23-22-29-39-25-15-12-16-26-39)36-44(52)51-46-48(58-45(53)34-24-32-40-27-17-13-18-28-40)47-43(38-56-50(2,3)59-47)57-49(46)55-37-41-30-19-14-20-31-41/h12-20,25-28,30-31,42-43,46-49H,4-11,21-24,29,32-38H2,1-3H3,(H,51,52)/t42?,43-,46-,47-,48-,49-/m1/s1. The van der Waals surface area contributed by atoms with Crippen LogP contribution in [0.25, 0.3) is 0 Å². The van der Waals surface area contributed by atoms with Crippen molar-refractivity contribution in [1.29, 1.82) is 0 Å². The lowest BCUT2D eigenvalue weighted by Crippen LogP contribution is -2.69. The van der Waals surface area contributed by atoms with Crippen molar-refractivity contribution < 1.29 is 38.0 Å². The minimum absolute atomic E-state index is 0.179.